The molecule has 0 spiro atoms. The fourth-order valence-corrected chi connectivity index (χ4v) is 2.26. The van der Waals surface area contributed by atoms with Gasteiger partial charge in [0.2, 0.25) is 0 Å². The minimum Gasteiger partial charge on any atom is -0.393 e. The van der Waals surface area contributed by atoms with E-state index < -0.39 is 5.82 Å². The Bertz CT molecular complexity index is 867. The zero-order chi connectivity index (χ0) is 17.1. The first-order valence-electron chi connectivity index (χ1n) is 7.19. The standard InChI is InChI=1S/C17H15ClFN5/c1-10-2-4-11(5-3-10)23-16-15(20)17(22-9-21-16)24-12-6-7-14(19)13(18)8-12/h2-9H,20H2,1H3,(H2,21,22,23,24). The van der Waals surface area contributed by atoms with Crippen LogP contribution in [-0.4, -0.2) is 9.97 Å². The largest absolute Gasteiger partial charge is 0.393 e. The predicted octanol–water partition coefficient (Wildman–Crippen LogP) is 4.65. The molecular weight excluding hydrogens is 329 g/mol. The Hall–Kier alpha value is -2.86. The average Bonchev–Trinajstić information content (AvgIpc) is 2.57. The lowest BCUT2D eigenvalue weighted by Crippen LogP contribution is -2.05. The maximum atomic E-state index is 13.2. The van der Waals surface area contributed by atoms with Gasteiger partial charge in [0, 0.05) is 11.4 Å². The number of anilines is 5. The van der Waals surface area contributed by atoms with Crippen molar-refractivity contribution >= 4 is 40.3 Å². The Labute approximate surface area is 143 Å². The van der Waals surface area contributed by atoms with Crippen molar-refractivity contribution in [3.05, 3.63) is 65.2 Å². The number of hydrogen-bond donors (Lipinski definition) is 3. The maximum Gasteiger partial charge on any atom is 0.159 e. The van der Waals surface area contributed by atoms with Gasteiger partial charge in [-0.25, -0.2) is 14.4 Å². The second kappa shape index (κ2) is 6.72. The van der Waals surface area contributed by atoms with Crippen LogP contribution in [0.3, 0.4) is 0 Å². The van der Waals surface area contributed by atoms with Gasteiger partial charge in [0.25, 0.3) is 0 Å². The third-order valence-corrected chi connectivity index (χ3v) is 3.67. The number of nitrogen functional groups attached to an aromatic ring is 1. The lowest BCUT2D eigenvalue weighted by atomic mass is 10.2. The van der Waals surface area contributed by atoms with Crippen LogP contribution in [0.5, 0.6) is 0 Å². The summed E-state index contributed by atoms with van der Waals surface area (Å²) in [5.41, 5.74) is 9.06. The molecular formula is C17H15ClFN5. The number of aryl methyl sites for hydroxylation is 1. The van der Waals surface area contributed by atoms with Gasteiger partial charge in [0.15, 0.2) is 11.6 Å². The summed E-state index contributed by atoms with van der Waals surface area (Å²) < 4.78 is 13.2. The van der Waals surface area contributed by atoms with E-state index in [1.54, 1.807) is 6.07 Å². The number of aromatic nitrogens is 2. The number of nitrogens with two attached hydrogens (primary N) is 1. The molecule has 0 amide bonds. The highest BCUT2D eigenvalue weighted by atomic mass is 35.5. The second-order valence-electron chi connectivity index (χ2n) is 5.23. The number of nitrogens with zero attached hydrogens (tertiary/aromatic N) is 2. The van der Waals surface area contributed by atoms with Crippen LogP contribution in [0.2, 0.25) is 5.02 Å². The zero-order valence-electron chi connectivity index (χ0n) is 12.8. The molecule has 7 heteroatoms. The first-order chi connectivity index (χ1) is 11.5. The van der Waals surface area contributed by atoms with Gasteiger partial charge in [-0.1, -0.05) is 29.3 Å². The minimum atomic E-state index is -0.486. The van der Waals surface area contributed by atoms with Crippen molar-refractivity contribution in [2.45, 2.75) is 6.92 Å². The highest BCUT2D eigenvalue weighted by Gasteiger charge is 2.10. The Morgan fingerprint density at radius 2 is 1.54 bits per heavy atom. The zero-order valence-corrected chi connectivity index (χ0v) is 13.6. The van der Waals surface area contributed by atoms with Crippen molar-refractivity contribution in [2.24, 2.45) is 0 Å². The molecule has 2 aromatic carbocycles. The average molecular weight is 344 g/mol. The lowest BCUT2D eigenvalue weighted by molar-refractivity contribution is 0.628. The van der Waals surface area contributed by atoms with Gasteiger partial charge >= 0.3 is 0 Å². The van der Waals surface area contributed by atoms with Gasteiger partial charge in [-0.05, 0) is 37.3 Å². The highest BCUT2D eigenvalue weighted by Crippen LogP contribution is 2.29. The summed E-state index contributed by atoms with van der Waals surface area (Å²) in [5.74, 6) is 0.395. The van der Waals surface area contributed by atoms with Crippen LogP contribution in [0.15, 0.2) is 48.8 Å². The Morgan fingerprint density at radius 3 is 2.17 bits per heavy atom. The first-order valence-corrected chi connectivity index (χ1v) is 7.57. The molecule has 3 aromatic rings. The van der Waals surface area contributed by atoms with Crippen LogP contribution in [-0.2, 0) is 0 Å². The molecule has 1 heterocycles. The minimum absolute atomic E-state index is 0.0191. The summed E-state index contributed by atoms with van der Waals surface area (Å²) in [4.78, 5) is 8.27. The number of rotatable bonds is 4. The van der Waals surface area contributed by atoms with Crippen LogP contribution in [0, 0.1) is 12.7 Å². The van der Waals surface area contributed by atoms with Crippen LogP contribution >= 0.6 is 11.6 Å². The third kappa shape index (κ3) is 3.55. The maximum absolute atomic E-state index is 13.2. The Morgan fingerprint density at radius 1 is 0.958 bits per heavy atom. The molecule has 122 valence electrons. The topological polar surface area (TPSA) is 75.9 Å². The van der Waals surface area contributed by atoms with E-state index in [1.165, 1.54) is 18.5 Å². The molecule has 0 saturated carbocycles. The number of benzene rings is 2. The molecule has 0 radical (unpaired) electrons. The van der Waals surface area contributed by atoms with Gasteiger partial charge in [0.05, 0.1) is 5.02 Å². The molecule has 5 nitrogen and oxygen atoms in total. The Balaban J connectivity index is 1.84. The van der Waals surface area contributed by atoms with Crippen molar-refractivity contribution in [1.29, 1.82) is 0 Å². The van der Waals surface area contributed by atoms with Crippen molar-refractivity contribution in [2.75, 3.05) is 16.4 Å². The molecule has 0 unspecified atom stereocenters. The van der Waals surface area contributed by atoms with Gasteiger partial charge < -0.3 is 16.4 Å². The summed E-state index contributed by atoms with van der Waals surface area (Å²) in [6, 6.07) is 12.1. The van der Waals surface area contributed by atoms with Crippen LogP contribution in [0.4, 0.5) is 33.1 Å². The second-order valence-corrected chi connectivity index (χ2v) is 5.64. The van der Waals surface area contributed by atoms with E-state index >= 15 is 0 Å². The van der Waals surface area contributed by atoms with E-state index in [9.17, 15) is 4.39 Å². The van der Waals surface area contributed by atoms with E-state index in [-0.39, 0.29) is 5.02 Å². The fraction of sp³-hybridized carbons (Fsp3) is 0.0588. The number of nitrogens with one attached hydrogen (secondary N) is 2. The first kappa shape index (κ1) is 16.0. The fourth-order valence-electron chi connectivity index (χ4n) is 2.08. The van der Waals surface area contributed by atoms with E-state index in [1.807, 2.05) is 31.2 Å². The summed E-state index contributed by atoms with van der Waals surface area (Å²) in [5, 5.41) is 6.17. The summed E-state index contributed by atoms with van der Waals surface area (Å²) in [6.45, 7) is 2.01. The van der Waals surface area contributed by atoms with Gasteiger partial charge in [0.1, 0.15) is 17.8 Å². The molecule has 0 aliphatic carbocycles. The van der Waals surface area contributed by atoms with Crippen molar-refractivity contribution in [3.8, 4) is 0 Å². The lowest BCUT2D eigenvalue weighted by Gasteiger charge is -2.13. The van der Waals surface area contributed by atoms with Crippen LogP contribution < -0.4 is 16.4 Å². The molecule has 0 aliphatic heterocycles. The van der Waals surface area contributed by atoms with Crippen LogP contribution in [0.25, 0.3) is 0 Å². The quantitative estimate of drug-likeness (QED) is 0.643. The normalized spacial score (nSPS) is 10.5. The number of hydrogen-bond acceptors (Lipinski definition) is 5. The van der Waals surface area contributed by atoms with Gasteiger partial charge in [-0.15, -0.1) is 0 Å². The predicted molar refractivity (Wildman–Crippen MR) is 95.6 cm³/mol. The van der Waals surface area contributed by atoms with Gasteiger partial charge in [-0.2, -0.15) is 0 Å². The molecule has 0 atom stereocenters. The number of halogens is 2. The molecule has 0 aliphatic rings. The molecule has 0 saturated heterocycles. The SMILES string of the molecule is Cc1ccc(Nc2ncnc(Nc3ccc(F)c(Cl)c3)c2N)cc1. The summed E-state index contributed by atoms with van der Waals surface area (Å²) >= 11 is 5.78. The van der Waals surface area contributed by atoms with Crippen molar-refractivity contribution < 1.29 is 4.39 Å². The molecule has 4 N–H and O–H groups in total. The molecule has 1 aromatic heterocycles. The van der Waals surface area contributed by atoms with E-state index in [2.05, 4.69) is 20.6 Å². The Kier molecular flexibility index (Phi) is 4.48. The van der Waals surface area contributed by atoms with Crippen LogP contribution in [0.1, 0.15) is 5.56 Å². The van der Waals surface area contributed by atoms with E-state index in [4.69, 9.17) is 17.3 Å². The van der Waals surface area contributed by atoms with Crippen molar-refractivity contribution in [3.63, 3.8) is 0 Å². The monoisotopic (exact) mass is 343 g/mol. The smallest absolute Gasteiger partial charge is 0.159 e. The molecule has 0 bridgehead atoms. The van der Waals surface area contributed by atoms with Crippen molar-refractivity contribution in [1.82, 2.24) is 9.97 Å². The third-order valence-electron chi connectivity index (χ3n) is 3.38. The molecule has 24 heavy (non-hydrogen) atoms. The highest BCUT2D eigenvalue weighted by molar-refractivity contribution is 6.31. The summed E-state index contributed by atoms with van der Waals surface area (Å²) in [6.07, 6.45) is 1.39. The van der Waals surface area contributed by atoms with E-state index in [0.29, 0.717) is 23.0 Å². The van der Waals surface area contributed by atoms with E-state index in [0.717, 1.165) is 11.3 Å². The molecule has 0 fully saturated rings. The molecule has 3 rings (SSSR count). The van der Waals surface area contributed by atoms with Gasteiger partial charge in [-0.3, -0.25) is 0 Å². The summed E-state index contributed by atoms with van der Waals surface area (Å²) in [7, 11) is 0.